The van der Waals surface area contributed by atoms with E-state index in [-0.39, 0.29) is 6.04 Å². The Morgan fingerprint density at radius 2 is 1.88 bits per heavy atom. The van der Waals surface area contributed by atoms with Gasteiger partial charge in [0.15, 0.2) is 0 Å². The third-order valence-corrected chi connectivity index (χ3v) is 2.18. The van der Waals surface area contributed by atoms with Crippen molar-refractivity contribution in [2.75, 3.05) is 13.2 Å². The molecule has 2 N–H and O–H groups in total. The Hall–Kier alpha value is -1.22. The van der Waals surface area contributed by atoms with Gasteiger partial charge in [-0.3, -0.25) is 0 Å². The van der Waals surface area contributed by atoms with Gasteiger partial charge in [-0.05, 0) is 51.0 Å². The maximum absolute atomic E-state index is 5.82. The highest BCUT2D eigenvalue weighted by molar-refractivity contribution is 5.40. The molecule has 0 heterocycles. The molecule has 0 aliphatic rings. The average molecular weight is 223 g/mol. The van der Waals surface area contributed by atoms with E-state index in [9.17, 15) is 0 Å². The van der Waals surface area contributed by atoms with Crippen LogP contribution < -0.4 is 15.2 Å². The van der Waals surface area contributed by atoms with Gasteiger partial charge < -0.3 is 15.2 Å². The van der Waals surface area contributed by atoms with Crippen LogP contribution in [0.1, 0.15) is 26.3 Å². The zero-order chi connectivity index (χ0) is 12.0. The van der Waals surface area contributed by atoms with Gasteiger partial charge in [-0.25, -0.2) is 0 Å². The fourth-order valence-corrected chi connectivity index (χ4v) is 1.61. The smallest absolute Gasteiger partial charge is 0.122 e. The summed E-state index contributed by atoms with van der Waals surface area (Å²) in [5, 5.41) is 0. The fraction of sp³-hybridized carbons (Fsp3) is 0.538. The Bertz CT molecular complexity index is 324. The molecule has 1 atom stereocenters. The summed E-state index contributed by atoms with van der Waals surface area (Å²) in [6, 6.07) is 6.01. The van der Waals surface area contributed by atoms with Crippen LogP contribution in [0.4, 0.5) is 0 Å². The van der Waals surface area contributed by atoms with E-state index in [1.807, 2.05) is 39.0 Å². The number of rotatable bonds is 6. The van der Waals surface area contributed by atoms with Gasteiger partial charge >= 0.3 is 0 Å². The minimum absolute atomic E-state index is 0.121. The summed E-state index contributed by atoms with van der Waals surface area (Å²) in [6.45, 7) is 7.28. The van der Waals surface area contributed by atoms with E-state index in [1.165, 1.54) is 0 Å². The van der Waals surface area contributed by atoms with E-state index in [0.29, 0.717) is 13.2 Å². The van der Waals surface area contributed by atoms with E-state index in [1.54, 1.807) is 0 Å². The quantitative estimate of drug-likeness (QED) is 0.805. The summed E-state index contributed by atoms with van der Waals surface area (Å²) in [5.74, 6) is 1.78. The van der Waals surface area contributed by atoms with Crippen molar-refractivity contribution >= 4 is 0 Å². The Morgan fingerprint density at radius 1 is 1.19 bits per heavy atom. The van der Waals surface area contributed by atoms with Gasteiger partial charge in [0.05, 0.1) is 13.2 Å². The second-order valence-corrected chi connectivity index (χ2v) is 3.82. The first-order valence-electron chi connectivity index (χ1n) is 5.81. The molecule has 0 amide bonds. The molecule has 0 saturated heterocycles. The second kappa shape index (κ2) is 6.38. The molecule has 0 aromatic heterocycles. The molecule has 1 aromatic rings. The highest BCUT2D eigenvalue weighted by Crippen LogP contribution is 2.25. The topological polar surface area (TPSA) is 44.5 Å². The summed E-state index contributed by atoms with van der Waals surface area (Å²) in [4.78, 5) is 0. The predicted octanol–water partition coefficient (Wildman–Crippen LogP) is 2.37. The van der Waals surface area contributed by atoms with Crippen LogP contribution in [0.5, 0.6) is 11.5 Å². The standard InChI is InChI=1S/C13H21NO2/c1-4-15-12-6-7-13(16-5-2)11(9-12)8-10(3)14/h6-7,9-10H,4-5,8,14H2,1-3H3. The highest BCUT2D eigenvalue weighted by Gasteiger charge is 2.07. The molecule has 0 aliphatic carbocycles. The van der Waals surface area contributed by atoms with Crippen LogP contribution in [0.3, 0.4) is 0 Å². The molecule has 1 rings (SSSR count). The molecule has 1 aromatic carbocycles. The normalized spacial score (nSPS) is 12.2. The van der Waals surface area contributed by atoms with Crippen molar-refractivity contribution in [3.8, 4) is 11.5 Å². The third-order valence-electron chi connectivity index (χ3n) is 2.18. The molecular formula is C13H21NO2. The molecule has 3 nitrogen and oxygen atoms in total. The minimum atomic E-state index is 0.121. The van der Waals surface area contributed by atoms with Crippen LogP contribution in [0.15, 0.2) is 18.2 Å². The molecule has 0 bridgehead atoms. The number of nitrogens with two attached hydrogens (primary N) is 1. The summed E-state index contributed by atoms with van der Waals surface area (Å²) in [5.41, 5.74) is 6.93. The molecule has 0 radical (unpaired) electrons. The van der Waals surface area contributed by atoms with Crippen molar-refractivity contribution in [3.63, 3.8) is 0 Å². The Balaban J connectivity index is 2.91. The van der Waals surface area contributed by atoms with Crippen LogP contribution in [-0.2, 0) is 6.42 Å². The minimum Gasteiger partial charge on any atom is -0.494 e. The molecule has 0 aliphatic heterocycles. The molecular weight excluding hydrogens is 202 g/mol. The van der Waals surface area contributed by atoms with Gasteiger partial charge in [-0.1, -0.05) is 0 Å². The van der Waals surface area contributed by atoms with Gasteiger partial charge in [0.25, 0.3) is 0 Å². The Labute approximate surface area is 97.6 Å². The van der Waals surface area contributed by atoms with Crippen LogP contribution in [0, 0.1) is 0 Å². The molecule has 16 heavy (non-hydrogen) atoms. The summed E-state index contributed by atoms with van der Waals surface area (Å²) >= 11 is 0. The maximum Gasteiger partial charge on any atom is 0.122 e. The molecule has 0 fully saturated rings. The number of hydrogen-bond acceptors (Lipinski definition) is 3. The zero-order valence-electron chi connectivity index (χ0n) is 10.3. The number of ether oxygens (including phenoxy) is 2. The zero-order valence-corrected chi connectivity index (χ0v) is 10.3. The highest BCUT2D eigenvalue weighted by atomic mass is 16.5. The lowest BCUT2D eigenvalue weighted by atomic mass is 10.1. The number of hydrogen-bond donors (Lipinski definition) is 1. The van der Waals surface area contributed by atoms with Gasteiger partial charge in [-0.15, -0.1) is 0 Å². The van der Waals surface area contributed by atoms with Gasteiger partial charge in [0, 0.05) is 6.04 Å². The van der Waals surface area contributed by atoms with Crippen LogP contribution >= 0.6 is 0 Å². The molecule has 0 saturated carbocycles. The van der Waals surface area contributed by atoms with Crippen molar-refractivity contribution in [3.05, 3.63) is 23.8 Å². The molecule has 1 unspecified atom stereocenters. The van der Waals surface area contributed by atoms with Crippen molar-refractivity contribution in [2.45, 2.75) is 33.2 Å². The fourth-order valence-electron chi connectivity index (χ4n) is 1.61. The van der Waals surface area contributed by atoms with Crippen LogP contribution in [-0.4, -0.2) is 19.3 Å². The second-order valence-electron chi connectivity index (χ2n) is 3.82. The van der Waals surface area contributed by atoms with Crippen LogP contribution in [0.25, 0.3) is 0 Å². The van der Waals surface area contributed by atoms with Crippen molar-refractivity contribution in [1.29, 1.82) is 0 Å². The predicted molar refractivity (Wildman–Crippen MR) is 66.1 cm³/mol. The van der Waals surface area contributed by atoms with E-state index >= 15 is 0 Å². The lowest BCUT2D eigenvalue weighted by molar-refractivity contribution is 0.327. The maximum atomic E-state index is 5.82. The monoisotopic (exact) mass is 223 g/mol. The van der Waals surface area contributed by atoms with Crippen LogP contribution in [0.2, 0.25) is 0 Å². The molecule has 90 valence electrons. The van der Waals surface area contributed by atoms with Gasteiger partial charge in [-0.2, -0.15) is 0 Å². The van der Waals surface area contributed by atoms with E-state index in [2.05, 4.69) is 0 Å². The van der Waals surface area contributed by atoms with Crippen molar-refractivity contribution in [2.24, 2.45) is 5.73 Å². The van der Waals surface area contributed by atoms with Gasteiger partial charge in [0.1, 0.15) is 11.5 Å². The third kappa shape index (κ3) is 3.74. The number of benzene rings is 1. The first-order chi connectivity index (χ1) is 7.67. The lowest BCUT2D eigenvalue weighted by Crippen LogP contribution is -2.18. The summed E-state index contributed by atoms with van der Waals surface area (Å²) in [7, 11) is 0. The summed E-state index contributed by atoms with van der Waals surface area (Å²) < 4.78 is 11.0. The van der Waals surface area contributed by atoms with E-state index in [0.717, 1.165) is 23.5 Å². The Morgan fingerprint density at radius 3 is 2.44 bits per heavy atom. The average Bonchev–Trinajstić information content (AvgIpc) is 2.22. The SMILES string of the molecule is CCOc1ccc(OCC)c(CC(C)N)c1. The Kier molecular flexibility index (Phi) is 5.12. The van der Waals surface area contributed by atoms with E-state index < -0.39 is 0 Å². The first kappa shape index (κ1) is 12.8. The summed E-state index contributed by atoms with van der Waals surface area (Å²) in [6.07, 6.45) is 0.802. The van der Waals surface area contributed by atoms with Gasteiger partial charge in [0.2, 0.25) is 0 Å². The molecule has 3 heteroatoms. The first-order valence-corrected chi connectivity index (χ1v) is 5.81. The van der Waals surface area contributed by atoms with E-state index in [4.69, 9.17) is 15.2 Å². The largest absolute Gasteiger partial charge is 0.494 e. The lowest BCUT2D eigenvalue weighted by Gasteiger charge is -2.13. The van der Waals surface area contributed by atoms with Crippen molar-refractivity contribution < 1.29 is 9.47 Å². The molecule has 0 spiro atoms. The van der Waals surface area contributed by atoms with Crippen molar-refractivity contribution in [1.82, 2.24) is 0 Å².